The van der Waals surface area contributed by atoms with E-state index in [2.05, 4.69) is 20.2 Å². The molecule has 0 saturated heterocycles. The maximum atomic E-state index is 12.8. The first-order valence-corrected chi connectivity index (χ1v) is 10.8. The van der Waals surface area contributed by atoms with Gasteiger partial charge < -0.3 is 13.7 Å². The summed E-state index contributed by atoms with van der Waals surface area (Å²) in [5, 5.41) is 0. The summed E-state index contributed by atoms with van der Waals surface area (Å²) in [5.41, 5.74) is -9.53. The SMILES string of the molecule is C=Cc1ccc(C(=O)OC)cc1C(F)(F)F.COC(=O)c1ccc(OS(=O)(=O)C(F)(F)F)c(C(F)(F)F)c1. The van der Waals surface area contributed by atoms with E-state index in [0.717, 1.165) is 26.4 Å². The number of halogens is 9. The summed E-state index contributed by atoms with van der Waals surface area (Å²) in [6.45, 7) is 3.28. The van der Waals surface area contributed by atoms with Crippen molar-refractivity contribution in [1.29, 1.82) is 0 Å². The lowest BCUT2D eigenvalue weighted by Crippen LogP contribution is -2.29. The van der Waals surface area contributed by atoms with Gasteiger partial charge in [0.25, 0.3) is 0 Å². The third-order valence-electron chi connectivity index (χ3n) is 4.19. The van der Waals surface area contributed by atoms with Crippen LogP contribution in [0.25, 0.3) is 6.08 Å². The molecule has 0 heterocycles. The molecule has 210 valence electrons. The number of carbonyl (C=O) groups excluding carboxylic acids is 2. The van der Waals surface area contributed by atoms with Gasteiger partial charge in [0.05, 0.1) is 30.9 Å². The van der Waals surface area contributed by atoms with Gasteiger partial charge in [-0.05, 0) is 35.9 Å². The van der Waals surface area contributed by atoms with Crippen molar-refractivity contribution in [2.75, 3.05) is 14.2 Å². The van der Waals surface area contributed by atoms with Crippen molar-refractivity contribution >= 4 is 28.1 Å². The number of rotatable bonds is 5. The first-order valence-electron chi connectivity index (χ1n) is 9.42. The highest BCUT2D eigenvalue weighted by molar-refractivity contribution is 7.88. The number of benzene rings is 2. The Morgan fingerprint density at radius 2 is 1.18 bits per heavy atom. The maximum absolute atomic E-state index is 12.8. The van der Waals surface area contributed by atoms with Crippen LogP contribution in [0.1, 0.15) is 37.4 Å². The van der Waals surface area contributed by atoms with E-state index in [1.54, 1.807) is 0 Å². The molecule has 2 rings (SSSR count). The molecule has 0 amide bonds. The molecule has 17 heteroatoms. The van der Waals surface area contributed by atoms with E-state index in [9.17, 15) is 57.5 Å². The summed E-state index contributed by atoms with van der Waals surface area (Å²) < 4.78 is 146. The molecule has 7 nitrogen and oxygen atoms in total. The smallest absolute Gasteiger partial charge is 0.465 e. The zero-order valence-corrected chi connectivity index (χ0v) is 19.7. The minimum atomic E-state index is -6.29. The van der Waals surface area contributed by atoms with Crippen LogP contribution in [0.3, 0.4) is 0 Å². The van der Waals surface area contributed by atoms with Gasteiger partial charge in [-0.2, -0.15) is 47.9 Å². The lowest BCUT2D eigenvalue weighted by atomic mass is 10.0. The molecule has 0 N–H and O–H groups in total. The molecular formula is C21H15F9O7S. The molecular weight excluding hydrogens is 567 g/mol. The molecule has 0 aromatic heterocycles. The third kappa shape index (κ3) is 8.12. The Kier molecular flexibility index (Phi) is 9.97. The van der Waals surface area contributed by atoms with Gasteiger partial charge in [0.2, 0.25) is 0 Å². The van der Waals surface area contributed by atoms with Gasteiger partial charge in [0.1, 0.15) is 5.56 Å². The molecule has 0 aliphatic carbocycles. The van der Waals surface area contributed by atoms with Gasteiger partial charge >= 0.3 is 39.9 Å². The molecule has 0 fully saturated rings. The van der Waals surface area contributed by atoms with Crippen molar-refractivity contribution < 1.29 is 71.2 Å². The van der Waals surface area contributed by atoms with E-state index in [0.29, 0.717) is 6.07 Å². The summed E-state index contributed by atoms with van der Waals surface area (Å²) in [6.07, 6.45) is -8.70. The van der Waals surface area contributed by atoms with Crippen LogP contribution in [0.5, 0.6) is 5.75 Å². The zero-order chi connectivity index (χ0) is 29.7. The van der Waals surface area contributed by atoms with Gasteiger partial charge in [-0.25, -0.2) is 9.59 Å². The molecule has 0 spiro atoms. The number of hydrogen-bond donors (Lipinski definition) is 0. The lowest BCUT2D eigenvalue weighted by molar-refractivity contribution is -0.139. The summed E-state index contributed by atoms with van der Waals surface area (Å²) in [7, 11) is -4.31. The second-order valence-electron chi connectivity index (χ2n) is 6.68. The number of hydrogen-bond acceptors (Lipinski definition) is 7. The molecule has 0 bridgehead atoms. The second kappa shape index (κ2) is 11.7. The monoisotopic (exact) mass is 582 g/mol. The van der Waals surface area contributed by atoms with Crippen molar-refractivity contribution in [1.82, 2.24) is 0 Å². The normalized spacial score (nSPS) is 12.1. The molecule has 2 aromatic carbocycles. The fourth-order valence-electron chi connectivity index (χ4n) is 2.46. The van der Waals surface area contributed by atoms with Gasteiger partial charge in [-0.3, -0.25) is 0 Å². The number of methoxy groups -OCH3 is 2. The van der Waals surface area contributed by atoms with Crippen molar-refractivity contribution in [3.63, 3.8) is 0 Å². The number of ether oxygens (including phenoxy) is 2. The van der Waals surface area contributed by atoms with E-state index in [1.807, 2.05) is 0 Å². The molecule has 0 aliphatic rings. The largest absolute Gasteiger partial charge is 0.534 e. The average Bonchev–Trinajstić information content (AvgIpc) is 2.81. The zero-order valence-electron chi connectivity index (χ0n) is 18.9. The molecule has 0 aliphatic heterocycles. The highest BCUT2D eigenvalue weighted by Crippen LogP contribution is 2.39. The van der Waals surface area contributed by atoms with Crippen molar-refractivity contribution in [2.45, 2.75) is 17.9 Å². The molecule has 38 heavy (non-hydrogen) atoms. The molecule has 2 aromatic rings. The van der Waals surface area contributed by atoms with Gasteiger partial charge in [-0.1, -0.05) is 18.7 Å². The predicted octanol–water partition coefficient (Wildman–Crippen LogP) is 5.86. The van der Waals surface area contributed by atoms with E-state index >= 15 is 0 Å². The highest BCUT2D eigenvalue weighted by Gasteiger charge is 2.49. The van der Waals surface area contributed by atoms with Crippen LogP contribution in [0.2, 0.25) is 0 Å². The third-order valence-corrected chi connectivity index (χ3v) is 5.15. The summed E-state index contributed by atoms with van der Waals surface area (Å²) in [6, 6.07) is 4.22. The number of carbonyl (C=O) groups is 2. The topological polar surface area (TPSA) is 96.0 Å². The van der Waals surface area contributed by atoms with Crippen LogP contribution in [0, 0.1) is 0 Å². The van der Waals surface area contributed by atoms with Gasteiger partial charge in [0.15, 0.2) is 5.75 Å². The van der Waals surface area contributed by atoms with Crippen molar-refractivity contribution in [3.8, 4) is 5.75 Å². The van der Waals surface area contributed by atoms with Crippen LogP contribution < -0.4 is 4.18 Å². The molecule has 0 saturated carbocycles. The Hall–Kier alpha value is -3.76. The molecule has 0 radical (unpaired) electrons. The van der Waals surface area contributed by atoms with Crippen LogP contribution in [0.15, 0.2) is 43.0 Å². The Labute approximate surface area is 208 Å². The first kappa shape index (κ1) is 32.3. The summed E-state index contributed by atoms with van der Waals surface area (Å²) in [5.74, 6) is -3.62. The predicted molar refractivity (Wildman–Crippen MR) is 111 cm³/mol. The van der Waals surface area contributed by atoms with Crippen LogP contribution in [-0.4, -0.2) is 40.1 Å². The van der Waals surface area contributed by atoms with Crippen LogP contribution in [-0.2, 0) is 31.9 Å². The van der Waals surface area contributed by atoms with E-state index in [-0.39, 0.29) is 23.3 Å². The van der Waals surface area contributed by atoms with Crippen LogP contribution >= 0.6 is 0 Å². The Morgan fingerprint density at radius 1 is 0.763 bits per heavy atom. The van der Waals surface area contributed by atoms with E-state index < -0.39 is 62.4 Å². The summed E-state index contributed by atoms with van der Waals surface area (Å²) in [4.78, 5) is 22.2. The van der Waals surface area contributed by atoms with Gasteiger partial charge in [-0.15, -0.1) is 0 Å². The van der Waals surface area contributed by atoms with Crippen LogP contribution in [0.4, 0.5) is 39.5 Å². The highest BCUT2D eigenvalue weighted by atomic mass is 32.2. The Balaban J connectivity index is 0.000000399. The minimum absolute atomic E-state index is 0.0693. The lowest BCUT2D eigenvalue weighted by Gasteiger charge is -2.15. The van der Waals surface area contributed by atoms with Crippen molar-refractivity contribution in [3.05, 3.63) is 70.8 Å². The van der Waals surface area contributed by atoms with E-state index in [1.165, 1.54) is 12.1 Å². The first-order chi connectivity index (χ1) is 17.2. The van der Waals surface area contributed by atoms with Crippen molar-refractivity contribution in [2.24, 2.45) is 0 Å². The quantitative estimate of drug-likeness (QED) is 0.189. The summed E-state index contributed by atoms with van der Waals surface area (Å²) >= 11 is 0. The fourth-order valence-corrected chi connectivity index (χ4v) is 2.94. The van der Waals surface area contributed by atoms with Gasteiger partial charge in [0, 0.05) is 0 Å². The molecule has 0 atom stereocenters. The fraction of sp³-hybridized carbons (Fsp3) is 0.238. The number of esters is 2. The second-order valence-corrected chi connectivity index (χ2v) is 8.22. The number of alkyl halides is 9. The maximum Gasteiger partial charge on any atom is 0.534 e. The standard InChI is InChI=1S/C11H9F3O2.C10H6F6O5S/c1-3-7-4-5-8(10(15)16-2)6-9(7)11(12,13)14;1-20-8(17)5-2-3-7(6(4-5)9(11,12)13)21-22(18,19)10(14,15)16/h3-6H,1H2,2H3;2-4H,1H3. The molecule has 0 unspecified atom stereocenters. The Bertz CT molecular complexity index is 1300. The minimum Gasteiger partial charge on any atom is -0.465 e. The Morgan fingerprint density at radius 3 is 1.55 bits per heavy atom. The van der Waals surface area contributed by atoms with E-state index in [4.69, 9.17) is 0 Å². The average molecular weight is 582 g/mol.